The Labute approximate surface area is 210 Å². The number of rotatable bonds is 11. The Morgan fingerprint density at radius 2 is 1.61 bits per heavy atom. The molecule has 7 N–H and O–H groups in total. The molecular formula is C26H33N5O5. The number of guanidine groups is 1. The van der Waals surface area contributed by atoms with Crippen LogP contribution < -0.4 is 21.7 Å². The Bertz CT molecular complexity index is 1070. The minimum absolute atomic E-state index is 0.104. The number of hydrogen-bond donors (Lipinski definition) is 6. The molecule has 10 nitrogen and oxygen atoms in total. The number of ether oxygens (including phenoxy) is 1. The highest BCUT2D eigenvalue weighted by atomic mass is 16.5. The number of alkyl carbamates (subject to hydrolysis) is 1. The first-order valence-corrected chi connectivity index (χ1v) is 11.9. The van der Waals surface area contributed by atoms with Gasteiger partial charge in [-0.2, -0.15) is 0 Å². The molecule has 0 unspecified atom stereocenters. The molecule has 192 valence electrons. The second-order valence-electron chi connectivity index (χ2n) is 9.07. The molecule has 0 aliphatic heterocycles. The SMILES string of the molecule is CC(C)[C@H](NC(=O)OCC1c2ccccc2-c2ccccc21)C(=O)N[C@@H](CCCNC(=N)N)C(=O)O. The molecule has 3 rings (SSSR count). The molecular weight excluding hydrogens is 462 g/mol. The minimum Gasteiger partial charge on any atom is -0.480 e. The van der Waals surface area contributed by atoms with Gasteiger partial charge in [0.1, 0.15) is 18.7 Å². The first-order chi connectivity index (χ1) is 17.2. The van der Waals surface area contributed by atoms with Crippen molar-refractivity contribution < 1.29 is 24.2 Å². The predicted octanol–water partition coefficient (Wildman–Crippen LogP) is 2.38. The van der Waals surface area contributed by atoms with Gasteiger partial charge in [0, 0.05) is 12.5 Å². The van der Waals surface area contributed by atoms with Crippen molar-refractivity contribution in [1.29, 1.82) is 5.41 Å². The van der Waals surface area contributed by atoms with Gasteiger partial charge >= 0.3 is 12.1 Å². The maximum absolute atomic E-state index is 12.8. The van der Waals surface area contributed by atoms with Crippen LogP contribution in [-0.2, 0) is 14.3 Å². The van der Waals surface area contributed by atoms with Gasteiger partial charge in [0.2, 0.25) is 5.91 Å². The second-order valence-corrected chi connectivity index (χ2v) is 9.07. The van der Waals surface area contributed by atoms with Gasteiger partial charge in [0.25, 0.3) is 0 Å². The number of carbonyl (C=O) groups excluding carboxylic acids is 2. The third-order valence-electron chi connectivity index (χ3n) is 6.17. The zero-order valence-electron chi connectivity index (χ0n) is 20.4. The number of nitrogens with two attached hydrogens (primary N) is 1. The molecule has 36 heavy (non-hydrogen) atoms. The Balaban J connectivity index is 1.59. The van der Waals surface area contributed by atoms with Crippen LogP contribution in [0.1, 0.15) is 43.7 Å². The maximum Gasteiger partial charge on any atom is 0.407 e. The van der Waals surface area contributed by atoms with Crippen molar-refractivity contribution in [3.05, 3.63) is 59.7 Å². The van der Waals surface area contributed by atoms with Crippen molar-refractivity contribution in [1.82, 2.24) is 16.0 Å². The molecule has 0 fully saturated rings. The Kier molecular flexibility index (Phi) is 8.88. The van der Waals surface area contributed by atoms with Crippen LogP contribution in [0.5, 0.6) is 0 Å². The van der Waals surface area contributed by atoms with Gasteiger partial charge in [0.15, 0.2) is 5.96 Å². The van der Waals surface area contributed by atoms with Gasteiger partial charge in [-0.05, 0) is 41.0 Å². The number of carboxylic acids is 1. The number of benzene rings is 2. The first kappa shape index (κ1) is 26.5. The molecule has 2 atom stereocenters. The summed E-state index contributed by atoms with van der Waals surface area (Å²) in [7, 11) is 0. The number of amides is 2. The minimum atomic E-state index is -1.19. The Morgan fingerprint density at radius 1 is 1.03 bits per heavy atom. The molecule has 0 bridgehead atoms. The van der Waals surface area contributed by atoms with E-state index in [0.717, 1.165) is 22.3 Å². The number of nitrogens with one attached hydrogen (secondary N) is 4. The van der Waals surface area contributed by atoms with Crippen LogP contribution in [0.15, 0.2) is 48.5 Å². The highest BCUT2D eigenvalue weighted by Gasteiger charge is 2.31. The molecule has 2 aromatic carbocycles. The summed E-state index contributed by atoms with van der Waals surface area (Å²) in [5, 5.41) is 24.3. The van der Waals surface area contributed by atoms with Crippen LogP contribution in [0.2, 0.25) is 0 Å². The maximum atomic E-state index is 12.8. The van der Waals surface area contributed by atoms with Gasteiger partial charge in [-0.3, -0.25) is 10.2 Å². The average molecular weight is 496 g/mol. The van der Waals surface area contributed by atoms with E-state index < -0.39 is 30.1 Å². The number of hydrogen-bond acceptors (Lipinski definition) is 5. The molecule has 1 aliphatic rings. The zero-order valence-corrected chi connectivity index (χ0v) is 20.4. The average Bonchev–Trinajstić information content (AvgIpc) is 3.16. The lowest BCUT2D eigenvalue weighted by atomic mass is 9.98. The molecule has 0 spiro atoms. The smallest absolute Gasteiger partial charge is 0.407 e. The summed E-state index contributed by atoms with van der Waals surface area (Å²) < 4.78 is 5.54. The van der Waals surface area contributed by atoms with Crippen molar-refractivity contribution >= 4 is 23.9 Å². The van der Waals surface area contributed by atoms with Crippen LogP contribution in [0.4, 0.5) is 4.79 Å². The molecule has 0 radical (unpaired) electrons. The molecule has 0 heterocycles. The van der Waals surface area contributed by atoms with E-state index in [1.807, 2.05) is 48.5 Å². The molecule has 10 heteroatoms. The molecule has 0 saturated heterocycles. The van der Waals surface area contributed by atoms with Crippen molar-refractivity contribution in [3.8, 4) is 11.1 Å². The van der Waals surface area contributed by atoms with Crippen molar-refractivity contribution in [2.75, 3.05) is 13.2 Å². The fourth-order valence-electron chi connectivity index (χ4n) is 4.35. The number of carboxylic acid groups (broad SMARTS) is 1. The third-order valence-corrected chi connectivity index (χ3v) is 6.17. The third kappa shape index (κ3) is 6.53. The van der Waals surface area contributed by atoms with Crippen LogP contribution in [0.25, 0.3) is 11.1 Å². The van der Waals surface area contributed by atoms with Crippen molar-refractivity contribution in [2.24, 2.45) is 11.7 Å². The normalized spacial score (nSPS) is 13.8. The number of fused-ring (bicyclic) bond motifs is 3. The van der Waals surface area contributed by atoms with E-state index in [-0.39, 0.29) is 30.8 Å². The standard InChI is InChI=1S/C26H33N5O5/c1-15(2)22(23(32)30-21(24(33)34)12-7-13-29-25(27)28)31-26(35)36-14-20-18-10-5-3-8-16(18)17-9-4-6-11-19(17)20/h3-6,8-11,15,20-22H,7,12-14H2,1-2H3,(H,30,32)(H,31,35)(H,33,34)(H4,27,28,29)/t21-,22-/m0/s1. The molecule has 0 saturated carbocycles. The fraction of sp³-hybridized carbons (Fsp3) is 0.385. The van der Waals surface area contributed by atoms with Crippen molar-refractivity contribution in [3.63, 3.8) is 0 Å². The zero-order chi connectivity index (χ0) is 26.2. The Morgan fingerprint density at radius 3 is 2.14 bits per heavy atom. The van der Waals surface area contributed by atoms with Crippen LogP contribution in [0.3, 0.4) is 0 Å². The van der Waals surface area contributed by atoms with E-state index in [1.54, 1.807) is 13.8 Å². The lowest BCUT2D eigenvalue weighted by Crippen LogP contribution is -2.54. The van der Waals surface area contributed by atoms with Crippen LogP contribution in [0, 0.1) is 11.3 Å². The number of carbonyl (C=O) groups is 3. The lowest BCUT2D eigenvalue weighted by molar-refractivity contribution is -0.142. The summed E-state index contributed by atoms with van der Waals surface area (Å²) in [6.07, 6.45) is -0.233. The van der Waals surface area contributed by atoms with Crippen LogP contribution in [-0.4, -0.2) is 54.3 Å². The van der Waals surface area contributed by atoms with Gasteiger partial charge in [-0.15, -0.1) is 0 Å². The quantitative estimate of drug-likeness (QED) is 0.158. The summed E-state index contributed by atoms with van der Waals surface area (Å²) in [4.78, 5) is 37.1. The largest absolute Gasteiger partial charge is 0.480 e. The summed E-state index contributed by atoms with van der Waals surface area (Å²) in [6.45, 7) is 3.91. The molecule has 2 amide bonds. The van der Waals surface area contributed by atoms with Gasteiger partial charge < -0.3 is 31.5 Å². The summed E-state index contributed by atoms with van der Waals surface area (Å²) in [6, 6.07) is 13.9. The molecule has 1 aliphatic carbocycles. The predicted molar refractivity (Wildman–Crippen MR) is 136 cm³/mol. The highest BCUT2D eigenvalue weighted by Crippen LogP contribution is 2.44. The summed E-state index contributed by atoms with van der Waals surface area (Å²) in [5.41, 5.74) is 9.59. The van der Waals surface area contributed by atoms with Gasteiger partial charge in [-0.25, -0.2) is 9.59 Å². The van der Waals surface area contributed by atoms with E-state index in [1.165, 1.54) is 0 Å². The summed E-state index contributed by atoms with van der Waals surface area (Å²) in [5.74, 6) is -2.42. The van der Waals surface area contributed by atoms with E-state index in [4.69, 9.17) is 15.9 Å². The topological polar surface area (TPSA) is 167 Å². The molecule has 0 aromatic heterocycles. The van der Waals surface area contributed by atoms with Gasteiger partial charge in [-0.1, -0.05) is 62.4 Å². The summed E-state index contributed by atoms with van der Waals surface area (Å²) >= 11 is 0. The number of aliphatic carboxylic acids is 1. The lowest BCUT2D eigenvalue weighted by Gasteiger charge is -2.24. The monoisotopic (exact) mass is 495 g/mol. The fourth-order valence-corrected chi connectivity index (χ4v) is 4.35. The van der Waals surface area contributed by atoms with E-state index in [9.17, 15) is 19.5 Å². The van der Waals surface area contributed by atoms with E-state index in [0.29, 0.717) is 13.0 Å². The highest BCUT2D eigenvalue weighted by molar-refractivity contribution is 5.89. The van der Waals surface area contributed by atoms with E-state index >= 15 is 0 Å². The van der Waals surface area contributed by atoms with E-state index in [2.05, 4.69) is 16.0 Å². The molecule has 2 aromatic rings. The Hall–Kier alpha value is -4.08. The van der Waals surface area contributed by atoms with Crippen molar-refractivity contribution in [2.45, 2.75) is 44.7 Å². The second kappa shape index (κ2) is 12.1. The first-order valence-electron chi connectivity index (χ1n) is 11.9. The van der Waals surface area contributed by atoms with Gasteiger partial charge in [0.05, 0.1) is 0 Å². The van der Waals surface area contributed by atoms with Crippen LogP contribution >= 0.6 is 0 Å².